The van der Waals surface area contributed by atoms with E-state index in [1.165, 1.54) is 25.3 Å². The van der Waals surface area contributed by atoms with Gasteiger partial charge in [0.2, 0.25) is 0 Å². The average molecular weight is 380 g/mol. The van der Waals surface area contributed by atoms with Crippen LogP contribution < -0.4 is 10.1 Å². The zero-order valence-electron chi connectivity index (χ0n) is 14.8. The third-order valence-electron chi connectivity index (χ3n) is 5.32. The van der Waals surface area contributed by atoms with Gasteiger partial charge in [-0.2, -0.15) is 0 Å². The second-order valence-electron chi connectivity index (χ2n) is 7.29. The van der Waals surface area contributed by atoms with Gasteiger partial charge in [-0.15, -0.1) is 0 Å². The van der Waals surface area contributed by atoms with Crippen LogP contribution in [0.3, 0.4) is 0 Å². The maximum Gasteiger partial charge on any atom is 0.255 e. The smallest absolute Gasteiger partial charge is 0.255 e. The summed E-state index contributed by atoms with van der Waals surface area (Å²) in [5.41, 5.74) is -0.0562. The molecule has 1 aliphatic carbocycles. The van der Waals surface area contributed by atoms with Crippen molar-refractivity contribution in [3.63, 3.8) is 0 Å². The summed E-state index contributed by atoms with van der Waals surface area (Å²) in [6, 6.07) is 8.37. The highest BCUT2D eigenvalue weighted by Gasteiger charge is 2.62. The Labute approximate surface area is 156 Å². The van der Waals surface area contributed by atoms with Crippen molar-refractivity contribution in [2.24, 2.45) is 5.41 Å². The Morgan fingerprint density at radius 3 is 2.50 bits per heavy atom. The maximum absolute atomic E-state index is 14.4. The Balaban J connectivity index is 1.85. The van der Waals surface area contributed by atoms with E-state index in [0.717, 1.165) is 6.07 Å². The summed E-state index contributed by atoms with van der Waals surface area (Å²) in [4.78, 5) is 12.6. The molecule has 1 N–H and O–H groups in total. The number of halogens is 3. The third kappa shape index (κ3) is 3.16. The number of rotatable bonds is 5. The van der Waals surface area contributed by atoms with Gasteiger partial charge in [-0.25, -0.2) is 8.78 Å². The molecule has 138 valence electrons. The zero-order chi connectivity index (χ0) is 19.1. The molecule has 1 amide bonds. The molecular weight excluding hydrogens is 360 g/mol. The largest absolute Gasteiger partial charge is 0.496 e. The fourth-order valence-electron chi connectivity index (χ4n) is 3.63. The summed E-state index contributed by atoms with van der Waals surface area (Å²) in [5, 5.41) is 3.28. The molecule has 0 heterocycles. The molecule has 26 heavy (non-hydrogen) atoms. The standard InChI is InChI=1S/C20H20ClF2NO2/c1-19(2)10-20(19,15-6-5-13(22)9-16(15)23)11-24-18(25)14-8-12(21)4-7-17(14)26-3/h4-9H,10-11H2,1-3H3,(H,24,25). The number of ether oxygens (including phenoxy) is 1. The predicted octanol–water partition coefficient (Wildman–Crippen LogP) is 4.72. The molecule has 0 bridgehead atoms. The lowest BCUT2D eigenvalue weighted by Gasteiger charge is -2.23. The number of methoxy groups -OCH3 is 1. The highest BCUT2D eigenvalue weighted by molar-refractivity contribution is 6.31. The van der Waals surface area contributed by atoms with E-state index in [4.69, 9.17) is 16.3 Å². The Bertz CT molecular complexity index is 869. The molecule has 1 aliphatic rings. The van der Waals surface area contributed by atoms with E-state index in [2.05, 4.69) is 5.32 Å². The van der Waals surface area contributed by atoms with Crippen molar-refractivity contribution in [1.29, 1.82) is 0 Å². The van der Waals surface area contributed by atoms with Crippen LogP contribution >= 0.6 is 11.6 Å². The second-order valence-corrected chi connectivity index (χ2v) is 7.73. The second kappa shape index (κ2) is 6.54. The normalized spacial score (nSPS) is 20.5. The van der Waals surface area contributed by atoms with Crippen molar-refractivity contribution < 1.29 is 18.3 Å². The summed E-state index contributed by atoms with van der Waals surface area (Å²) in [6.07, 6.45) is 0.690. The first-order chi connectivity index (χ1) is 12.2. The van der Waals surface area contributed by atoms with Crippen LogP contribution in [-0.2, 0) is 5.41 Å². The first-order valence-electron chi connectivity index (χ1n) is 8.27. The molecule has 1 unspecified atom stereocenters. The highest BCUT2D eigenvalue weighted by atomic mass is 35.5. The van der Waals surface area contributed by atoms with Gasteiger partial charge in [-0.05, 0) is 41.7 Å². The van der Waals surface area contributed by atoms with Crippen LogP contribution in [0.5, 0.6) is 5.75 Å². The summed E-state index contributed by atoms with van der Waals surface area (Å²) < 4.78 is 32.8. The summed E-state index contributed by atoms with van der Waals surface area (Å²) >= 11 is 5.98. The van der Waals surface area contributed by atoms with Gasteiger partial charge in [-0.3, -0.25) is 4.79 Å². The van der Waals surface area contributed by atoms with Gasteiger partial charge in [0, 0.05) is 23.0 Å². The molecule has 1 fully saturated rings. The number of hydrogen-bond donors (Lipinski definition) is 1. The lowest BCUT2D eigenvalue weighted by molar-refractivity contribution is 0.0944. The number of carbonyl (C=O) groups is 1. The van der Waals surface area contributed by atoms with Gasteiger partial charge < -0.3 is 10.1 Å². The molecule has 2 aromatic rings. The van der Waals surface area contributed by atoms with Crippen LogP contribution in [0.2, 0.25) is 5.02 Å². The minimum Gasteiger partial charge on any atom is -0.496 e. The SMILES string of the molecule is COc1ccc(Cl)cc1C(=O)NCC1(c2ccc(F)cc2F)CC1(C)C. The van der Waals surface area contributed by atoms with Crippen molar-refractivity contribution in [2.45, 2.75) is 25.7 Å². The van der Waals surface area contributed by atoms with E-state index in [1.807, 2.05) is 13.8 Å². The summed E-state index contributed by atoms with van der Waals surface area (Å²) in [7, 11) is 1.47. The van der Waals surface area contributed by atoms with Crippen molar-refractivity contribution in [3.05, 3.63) is 64.2 Å². The number of benzene rings is 2. The van der Waals surface area contributed by atoms with E-state index >= 15 is 0 Å². The van der Waals surface area contributed by atoms with Gasteiger partial charge in [0.1, 0.15) is 17.4 Å². The molecule has 0 aliphatic heterocycles. The van der Waals surface area contributed by atoms with E-state index in [9.17, 15) is 13.6 Å². The topological polar surface area (TPSA) is 38.3 Å². The molecule has 6 heteroatoms. The van der Waals surface area contributed by atoms with Crippen molar-refractivity contribution in [1.82, 2.24) is 5.32 Å². The number of carbonyl (C=O) groups excluding carboxylic acids is 1. The first-order valence-corrected chi connectivity index (χ1v) is 8.65. The van der Waals surface area contributed by atoms with Gasteiger partial charge >= 0.3 is 0 Å². The Hall–Kier alpha value is -2.14. The molecule has 0 radical (unpaired) electrons. The average Bonchev–Trinajstić information content (AvgIpc) is 3.14. The quantitative estimate of drug-likeness (QED) is 0.816. The summed E-state index contributed by atoms with van der Waals surface area (Å²) in [6.45, 7) is 4.24. The Kier molecular flexibility index (Phi) is 4.69. The number of nitrogens with one attached hydrogen (secondary N) is 1. The van der Waals surface area contributed by atoms with Crippen molar-refractivity contribution in [3.8, 4) is 5.75 Å². The lowest BCUT2D eigenvalue weighted by atomic mass is 9.87. The molecule has 1 atom stereocenters. The predicted molar refractivity (Wildman–Crippen MR) is 96.8 cm³/mol. The van der Waals surface area contributed by atoms with Gasteiger partial charge in [0.05, 0.1) is 12.7 Å². The Morgan fingerprint density at radius 2 is 1.92 bits per heavy atom. The van der Waals surface area contributed by atoms with E-state index in [1.54, 1.807) is 12.1 Å². The number of hydrogen-bond acceptors (Lipinski definition) is 2. The van der Waals surface area contributed by atoms with E-state index in [-0.39, 0.29) is 17.9 Å². The minimum absolute atomic E-state index is 0.211. The van der Waals surface area contributed by atoms with Crippen LogP contribution in [0.25, 0.3) is 0 Å². The fourth-order valence-corrected chi connectivity index (χ4v) is 3.80. The van der Waals surface area contributed by atoms with Crippen molar-refractivity contribution in [2.75, 3.05) is 13.7 Å². The molecule has 3 nitrogen and oxygen atoms in total. The third-order valence-corrected chi connectivity index (χ3v) is 5.55. The van der Waals surface area contributed by atoms with Crippen LogP contribution in [-0.4, -0.2) is 19.6 Å². The van der Waals surface area contributed by atoms with E-state index < -0.39 is 17.0 Å². The molecule has 0 spiro atoms. The fraction of sp³-hybridized carbons (Fsp3) is 0.350. The van der Waals surface area contributed by atoms with Crippen LogP contribution in [0.1, 0.15) is 36.2 Å². The monoisotopic (exact) mass is 379 g/mol. The van der Waals surface area contributed by atoms with Crippen LogP contribution in [0.15, 0.2) is 36.4 Å². The molecule has 2 aromatic carbocycles. The molecular formula is C20H20ClF2NO2. The number of amides is 1. The van der Waals surface area contributed by atoms with E-state index in [0.29, 0.717) is 28.3 Å². The molecule has 0 saturated heterocycles. The summed E-state index contributed by atoms with van der Waals surface area (Å²) in [5.74, 6) is -1.16. The molecule has 1 saturated carbocycles. The van der Waals surface area contributed by atoms with Gasteiger partial charge in [0.15, 0.2) is 0 Å². The van der Waals surface area contributed by atoms with Crippen LogP contribution in [0, 0.1) is 17.0 Å². The Morgan fingerprint density at radius 1 is 1.23 bits per heavy atom. The van der Waals surface area contributed by atoms with Crippen molar-refractivity contribution >= 4 is 17.5 Å². The first kappa shape index (κ1) is 18.6. The minimum atomic E-state index is -0.618. The molecule has 3 rings (SSSR count). The molecule has 0 aromatic heterocycles. The zero-order valence-corrected chi connectivity index (χ0v) is 15.6. The highest BCUT2D eigenvalue weighted by Crippen LogP contribution is 2.64. The maximum atomic E-state index is 14.4. The van der Waals surface area contributed by atoms with Crippen LogP contribution in [0.4, 0.5) is 8.78 Å². The van der Waals surface area contributed by atoms with Gasteiger partial charge in [-0.1, -0.05) is 31.5 Å². The van der Waals surface area contributed by atoms with Gasteiger partial charge in [0.25, 0.3) is 5.91 Å². The lowest BCUT2D eigenvalue weighted by Crippen LogP contribution is -2.35.